The molecule has 0 aliphatic heterocycles. The topological polar surface area (TPSA) is 125 Å². The Labute approximate surface area is 216 Å². The number of pyridine rings is 1. The molecule has 0 amide bonds. The van der Waals surface area contributed by atoms with Gasteiger partial charge < -0.3 is 15.2 Å². The molecule has 37 heavy (non-hydrogen) atoms. The molecule has 1 aliphatic carbocycles. The summed E-state index contributed by atoms with van der Waals surface area (Å²) in [6.07, 6.45) is 1.27. The first-order valence-corrected chi connectivity index (χ1v) is 12.0. The van der Waals surface area contributed by atoms with Gasteiger partial charge in [0.25, 0.3) is 11.1 Å². The maximum atomic E-state index is 14.6. The quantitative estimate of drug-likeness (QED) is 0.349. The molecule has 0 spiro atoms. The van der Waals surface area contributed by atoms with Gasteiger partial charge in [0.2, 0.25) is 0 Å². The summed E-state index contributed by atoms with van der Waals surface area (Å²) in [4.78, 5) is 51.3. The average Bonchev–Trinajstić information content (AvgIpc) is 3.68. The third-order valence-electron chi connectivity index (χ3n) is 6.00. The van der Waals surface area contributed by atoms with E-state index in [1.54, 1.807) is 18.2 Å². The third-order valence-corrected chi connectivity index (χ3v) is 6.49. The number of rotatable bonds is 7. The van der Waals surface area contributed by atoms with Crippen LogP contribution in [0, 0.1) is 5.82 Å². The van der Waals surface area contributed by atoms with E-state index in [4.69, 9.17) is 9.84 Å². The highest BCUT2D eigenvalue weighted by Crippen LogP contribution is 2.34. The number of hydrogen-bond acceptors (Lipinski definition) is 6. The summed E-state index contributed by atoms with van der Waals surface area (Å²) in [5.41, 5.74) is -1.46. The summed E-state index contributed by atoms with van der Waals surface area (Å²) in [5.74, 6) is -1.60. The van der Waals surface area contributed by atoms with Crippen molar-refractivity contribution in [2.75, 3.05) is 11.9 Å². The summed E-state index contributed by atoms with van der Waals surface area (Å²) < 4.78 is 23.9. The van der Waals surface area contributed by atoms with E-state index < -0.39 is 35.2 Å². The van der Waals surface area contributed by atoms with Crippen molar-refractivity contribution < 1.29 is 19.0 Å². The number of halogens is 2. The van der Waals surface area contributed by atoms with Crippen LogP contribution in [0.15, 0.2) is 67.4 Å². The van der Waals surface area contributed by atoms with E-state index in [0.717, 1.165) is 4.57 Å². The minimum Gasteiger partial charge on any atom is -0.482 e. The number of aliphatic carboxylic acids is 1. The first-order valence-electron chi connectivity index (χ1n) is 11.2. The minimum absolute atomic E-state index is 0.00481. The molecule has 190 valence electrons. The highest BCUT2D eigenvalue weighted by atomic mass is 79.9. The largest absolute Gasteiger partial charge is 0.482 e. The van der Waals surface area contributed by atoms with Gasteiger partial charge >= 0.3 is 11.7 Å². The molecule has 4 aromatic rings. The van der Waals surface area contributed by atoms with Gasteiger partial charge in [0, 0.05) is 29.7 Å². The Morgan fingerprint density at radius 2 is 1.89 bits per heavy atom. The molecule has 2 aromatic carbocycles. The molecule has 10 nitrogen and oxygen atoms in total. The van der Waals surface area contributed by atoms with Crippen LogP contribution < -0.4 is 26.9 Å². The molecule has 1 saturated carbocycles. The lowest BCUT2D eigenvalue weighted by Gasteiger charge is -2.19. The van der Waals surface area contributed by atoms with Crippen molar-refractivity contribution in [1.82, 2.24) is 13.7 Å². The zero-order valence-corrected chi connectivity index (χ0v) is 21.0. The number of nitrogens with one attached hydrogen (secondary N) is 1. The summed E-state index contributed by atoms with van der Waals surface area (Å²) >= 11 is 3.20. The molecular weight excluding hydrogens is 551 g/mol. The lowest BCUT2D eigenvalue weighted by atomic mass is 10.2. The lowest BCUT2D eigenvalue weighted by molar-refractivity contribution is -0.139. The predicted molar refractivity (Wildman–Crippen MR) is 138 cm³/mol. The summed E-state index contributed by atoms with van der Waals surface area (Å²) in [5, 5.41) is 11.8. The Morgan fingerprint density at radius 3 is 2.57 bits per heavy atom. The van der Waals surface area contributed by atoms with Crippen LogP contribution in [0.25, 0.3) is 16.7 Å². The fourth-order valence-corrected chi connectivity index (χ4v) is 4.48. The second-order valence-corrected chi connectivity index (χ2v) is 9.52. The molecule has 5 rings (SSSR count). The zero-order chi connectivity index (χ0) is 26.4. The van der Waals surface area contributed by atoms with Crippen molar-refractivity contribution in [3.63, 3.8) is 0 Å². The Hall–Kier alpha value is -4.19. The van der Waals surface area contributed by atoms with Crippen LogP contribution in [0.4, 0.5) is 15.8 Å². The van der Waals surface area contributed by atoms with Gasteiger partial charge in [-0.05, 0) is 43.2 Å². The van der Waals surface area contributed by atoms with Crippen LogP contribution in [0.3, 0.4) is 0 Å². The monoisotopic (exact) mass is 570 g/mol. The van der Waals surface area contributed by atoms with E-state index >= 15 is 0 Å². The van der Waals surface area contributed by atoms with Crippen LogP contribution in [0.5, 0.6) is 5.75 Å². The smallest absolute Gasteiger partial charge is 0.341 e. The van der Waals surface area contributed by atoms with E-state index in [-0.39, 0.29) is 39.9 Å². The Kier molecular flexibility index (Phi) is 6.20. The van der Waals surface area contributed by atoms with Gasteiger partial charge in [-0.3, -0.25) is 18.7 Å². The average molecular weight is 571 g/mol. The zero-order valence-electron chi connectivity index (χ0n) is 19.4. The van der Waals surface area contributed by atoms with E-state index in [2.05, 4.69) is 21.2 Å². The maximum absolute atomic E-state index is 14.6. The van der Waals surface area contributed by atoms with Crippen molar-refractivity contribution in [2.24, 2.45) is 7.05 Å². The molecule has 2 aromatic heterocycles. The Morgan fingerprint density at radius 1 is 1.14 bits per heavy atom. The predicted octanol–water partition coefficient (Wildman–Crippen LogP) is 3.29. The molecule has 1 fully saturated rings. The number of nitrogens with zero attached hydrogens (tertiary/aromatic N) is 3. The number of aryl methyl sites for hydroxylation is 1. The van der Waals surface area contributed by atoms with Crippen LogP contribution in [0.2, 0.25) is 0 Å². The first-order chi connectivity index (χ1) is 17.7. The number of carboxylic acids is 1. The molecular formula is C25H20BrFN4O6. The molecule has 12 heteroatoms. The maximum Gasteiger partial charge on any atom is 0.341 e. The summed E-state index contributed by atoms with van der Waals surface area (Å²) in [7, 11) is 1.43. The molecule has 0 saturated heterocycles. The van der Waals surface area contributed by atoms with Crippen molar-refractivity contribution in [1.29, 1.82) is 0 Å². The van der Waals surface area contributed by atoms with Crippen molar-refractivity contribution in [3.8, 4) is 11.4 Å². The van der Waals surface area contributed by atoms with Gasteiger partial charge in [0.1, 0.15) is 22.6 Å². The normalized spacial score (nSPS) is 13.1. The minimum atomic E-state index is -1.17. The van der Waals surface area contributed by atoms with Crippen LogP contribution in [-0.4, -0.2) is 31.4 Å². The standard InChI is InChI=1S/C25H20BrFN4O6/c1-29-20(32)11-19(28-18-8-5-13(26)9-17(18)27)22-23(29)30(25(36)31(24(22)35)14-6-7-14)15-3-2-4-16(10-15)37-12-21(33)34/h2-5,8-11,14,28H,6-7,12H2,1H3,(H,33,34). The fourth-order valence-electron chi connectivity index (χ4n) is 4.14. The molecule has 0 bridgehead atoms. The van der Waals surface area contributed by atoms with Crippen LogP contribution >= 0.6 is 15.9 Å². The first kappa shape index (κ1) is 24.5. The number of hydrogen-bond donors (Lipinski definition) is 2. The molecule has 2 heterocycles. The Bertz CT molecular complexity index is 1760. The number of carbonyl (C=O) groups is 1. The van der Waals surface area contributed by atoms with Gasteiger partial charge in [-0.1, -0.05) is 22.0 Å². The highest BCUT2D eigenvalue weighted by molar-refractivity contribution is 9.10. The number of fused-ring (bicyclic) bond motifs is 1. The number of ether oxygens (including phenoxy) is 1. The van der Waals surface area contributed by atoms with Gasteiger partial charge in [0.05, 0.1) is 17.1 Å². The van der Waals surface area contributed by atoms with Crippen LogP contribution in [0.1, 0.15) is 18.9 Å². The number of carboxylic acid groups (broad SMARTS) is 1. The molecule has 2 N–H and O–H groups in total. The fraction of sp³-hybridized carbons (Fsp3) is 0.200. The van der Waals surface area contributed by atoms with E-state index in [1.165, 1.54) is 46.5 Å². The second kappa shape index (κ2) is 9.36. The molecule has 0 unspecified atom stereocenters. The number of benzene rings is 2. The van der Waals surface area contributed by atoms with Crippen molar-refractivity contribution >= 4 is 44.3 Å². The molecule has 1 aliphatic rings. The van der Waals surface area contributed by atoms with Crippen molar-refractivity contribution in [2.45, 2.75) is 18.9 Å². The van der Waals surface area contributed by atoms with Gasteiger partial charge in [-0.2, -0.15) is 0 Å². The second-order valence-electron chi connectivity index (χ2n) is 8.61. The highest BCUT2D eigenvalue weighted by Gasteiger charge is 2.31. The van der Waals surface area contributed by atoms with E-state index in [9.17, 15) is 23.6 Å². The van der Waals surface area contributed by atoms with Gasteiger partial charge in [0.15, 0.2) is 6.61 Å². The SMILES string of the molecule is Cn1c(=O)cc(Nc2ccc(Br)cc2F)c2c(=O)n(C3CC3)c(=O)n(-c3cccc(OCC(=O)O)c3)c21. The van der Waals surface area contributed by atoms with Crippen molar-refractivity contribution in [3.05, 3.63) is 90.0 Å². The van der Waals surface area contributed by atoms with Crippen LogP contribution in [-0.2, 0) is 11.8 Å². The van der Waals surface area contributed by atoms with Gasteiger partial charge in [-0.25, -0.2) is 18.5 Å². The summed E-state index contributed by atoms with van der Waals surface area (Å²) in [6, 6.07) is 11.3. The third kappa shape index (κ3) is 4.55. The molecule has 0 radical (unpaired) electrons. The lowest BCUT2D eigenvalue weighted by Crippen LogP contribution is -2.41. The molecule has 0 atom stereocenters. The number of aromatic nitrogens is 3. The van der Waals surface area contributed by atoms with E-state index in [1.807, 2.05) is 0 Å². The number of anilines is 2. The Balaban J connectivity index is 1.82. The van der Waals surface area contributed by atoms with E-state index in [0.29, 0.717) is 17.3 Å². The van der Waals surface area contributed by atoms with Gasteiger partial charge in [-0.15, -0.1) is 0 Å². The summed E-state index contributed by atoms with van der Waals surface area (Å²) in [6.45, 7) is -0.591.